The van der Waals surface area contributed by atoms with Crippen molar-refractivity contribution < 1.29 is 24.2 Å². The van der Waals surface area contributed by atoms with Crippen LogP contribution in [0.25, 0.3) is 17.2 Å². The molecule has 0 bridgehead atoms. The van der Waals surface area contributed by atoms with E-state index in [9.17, 15) is 14.7 Å². The molecule has 0 unspecified atom stereocenters. The van der Waals surface area contributed by atoms with Crippen molar-refractivity contribution in [3.05, 3.63) is 87.9 Å². The Bertz CT molecular complexity index is 1270. The highest BCUT2D eigenvalue weighted by Crippen LogP contribution is 2.28. The molecule has 0 saturated heterocycles. The third-order valence-corrected chi connectivity index (χ3v) is 5.91. The lowest BCUT2D eigenvalue weighted by atomic mass is 9.99. The summed E-state index contributed by atoms with van der Waals surface area (Å²) in [6, 6.07) is 18.4. The monoisotopic (exact) mass is 507 g/mol. The molecule has 1 amide bonds. The molecule has 0 aromatic heterocycles. The van der Waals surface area contributed by atoms with E-state index in [4.69, 9.17) is 21.1 Å². The van der Waals surface area contributed by atoms with Crippen molar-refractivity contribution >= 4 is 29.6 Å². The molecule has 6 nitrogen and oxygen atoms in total. The second-order valence-corrected chi connectivity index (χ2v) is 8.56. The zero-order chi connectivity index (χ0) is 26.1. The molecular weight excluding hydrogens is 478 g/mol. The first-order valence-electron chi connectivity index (χ1n) is 11.8. The van der Waals surface area contributed by atoms with E-state index in [0.717, 1.165) is 28.7 Å². The van der Waals surface area contributed by atoms with E-state index in [2.05, 4.69) is 5.32 Å². The van der Waals surface area contributed by atoms with Crippen LogP contribution in [0.3, 0.4) is 0 Å². The summed E-state index contributed by atoms with van der Waals surface area (Å²) in [5.74, 6) is 0.0407. The van der Waals surface area contributed by atoms with E-state index in [0.29, 0.717) is 40.7 Å². The maximum absolute atomic E-state index is 12.8. The van der Waals surface area contributed by atoms with E-state index >= 15 is 0 Å². The summed E-state index contributed by atoms with van der Waals surface area (Å²) in [5.41, 5.74) is 4.14. The summed E-state index contributed by atoms with van der Waals surface area (Å²) < 4.78 is 11.1. The number of hydrogen-bond acceptors (Lipinski definition) is 4. The summed E-state index contributed by atoms with van der Waals surface area (Å²) in [7, 11) is 1.58. The fraction of sp³-hybridized carbons (Fsp3) is 0.241. The van der Waals surface area contributed by atoms with Gasteiger partial charge in [0, 0.05) is 17.7 Å². The zero-order valence-corrected chi connectivity index (χ0v) is 21.4. The van der Waals surface area contributed by atoms with E-state index in [-0.39, 0.29) is 12.5 Å². The minimum atomic E-state index is -0.923. The van der Waals surface area contributed by atoms with Crippen molar-refractivity contribution in [3.8, 4) is 22.6 Å². The number of carbonyl (C=O) groups is 2. The number of ether oxygens (including phenoxy) is 2. The number of halogens is 1. The molecule has 188 valence electrons. The zero-order valence-electron chi connectivity index (χ0n) is 20.6. The van der Waals surface area contributed by atoms with Crippen LogP contribution in [0.2, 0.25) is 5.02 Å². The first-order chi connectivity index (χ1) is 17.4. The van der Waals surface area contributed by atoms with Crippen LogP contribution in [0.15, 0.2) is 66.2 Å². The number of nitrogens with one attached hydrogen (secondary N) is 1. The lowest BCUT2D eigenvalue weighted by molar-refractivity contribution is -0.132. The van der Waals surface area contributed by atoms with Crippen LogP contribution < -0.4 is 14.8 Å². The third-order valence-electron chi connectivity index (χ3n) is 5.59. The molecule has 36 heavy (non-hydrogen) atoms. The molecule has 3 aromatic carbocycles. The predicted octanol–water partition coefficient (Wildman–Crippen LogP) is 6.61. The summed E-state index contributed by atoms with van der Waals surface area (Å²) in [6.45, 7) is 4.65. The third kappa shape index (κ3) is 6.89. The lowest BCUT2D eigenvalue weighted by Gasteiger charge is -2.13. The van der Waals surface area contributed by atoms with Gasteiger partial charge in [-0.25, -0.2) is 4.79 Å². The number of amides is 1. The van der Waals surface area contributed by atoms with Gasteiger partial charge in [-0.15, -0.1) is 0 Å². The highest BCUT2D eigenvalue weighted by Gasteiger charge is 2.14. The smallest absolute Gasteiger partial charge is 0.331 e. The van der Waals surface area contributed by atoms with Gasteiger partial charge in [0.15, 0.2) is 0 Å². The van der Waals surface area contributed by atoms with Gasteiger partial charge in [-0.3, -0.25) is 4.79 Å². The van der Waals surface area contributed by atoms with Crippen molar-refractivity contribution in [3.63, 3.8) is 0 Å². The molecule has 0 saturated carbocycles. The van der Waals surface area contributed by atoms with Gasteiger partial charge in [-0.2, -0.15) is 0 Å². The number of carboxylic acids is 1. The Hall–Kier alpha value is -3.77. The second kappa shape index (κ2) is 12.8. The molecule has 0 fully saturated rings. The molecule has 0 heterocycles. The van der Waals surface area contributed by atoms with Crippen LogP contribution >= 0.6 is 11.6 Å². The van der Waals surface area contributed by atoms with Gasteiger partial charge in [0.2, 0.25) is 0 Å². The van der Waals surface area contributed by atoms with Gasteiger partial charge < -0.3 is 19.9 Å². The Morgan fingerprint density at radius 2 is 1.81 bits per heavy atom. The average Bonchev–Trinajstić information content (AvgIpc) is 2.89. The van der Waals surface area contributed by atoms with Crippen molar-refractivity contribution in [1.82, 2.24) is 5.32 Å². The first-order valence-corrected chi connectivity index (χ1v) is 12.2. The number of carboxylic acid groups (broad SMARTS) is 1. The largest absolute Gasteiger partial charge is 0.496 e. The average molecular weight is 508 g/mol. The summed E-state index contributed by atoms with van der Waals surface area (Å²) in [5, 5.41) is 12.6. The fourth-order valence-corrected chi connectivity index (χ4v) is 3.94. The summed E-state index contributed by atoms with van der Waals surface area (Å²) in [6.07, 6.45) is 2.99. The van der Waals surface area contributed by atoms with E-state index in [1.807, 2.05) is 56.3 Å². The van der Waals surface area contributed by atoms with Crippen LogP contribution in [-0.2, 0) is 11.3 Å². The number of aliphatic carboxylic acids is 1. The highest BCUT2D eigenvalue weighted by molar-refractivity contribution is 6.34. The van der Waals surface area contributed by atoms with Crippen LogP contribution in [0.4, 0.5) is 0 Å². The summed E-state index contributed by atoms with van der Waals surface area (Å²) in [4.78, 5) is 24.2. The van der Waals surface area contributed by atoms with Crippen LogP contribution in [-0.4, -0.2) is 30.7 Å². The van der Waals surface area contributed by atoms with Crippen LogP contribution in [0, 0.1) is 0 Å². The topological polar surface area (TPSA) is 84.9 Å². The van der Waals surface area contributed by atoms with Gasteiger partial charge in [-0.05, 0) is 72.0 Å². The predicted molar refractivity (Wildman–Crippen MR) is 143 cm³/mol. The standard InChI is InChI=1S/C29H30ClNO5/c1-4-13-36-24-10-11-25(26(30)17-24)28(32)31-18-23-16-22(9-12-27(23)35-3)21-8-6-7-19(15-21)14-20(5-2)29(33)34/h6-12,14-17H,4-5,13,18H2,1-3H3,(H,31,32)(H,33,34). The van der Waals surface area contributed by atoms with Gasteiger partial charge in [0.05, 0.1) is 24.3 Å². The fourth-order valence-electron chi connectivity index (χ4n) is 3.68. The summed E-state index contributed by atoms with van der Waals surface area (Å²) >= 11 is 6.32. The molecule has 0 aliphatic rings. The molecule has 0 atom stereocenters. The number of hydrogen-bond donors (Lipinski definition) is 2. The van der Waals surface area contributed by atoms with Gasteiger partial charge in [0.1, 0.15) is 11.5 Å². The Kier molecular flexibility index (Phi) is 9.53. The number of rotatable bonds is 11. The Morgan fingerprint density at radius 3 is 2.47 bits per heavy atom. The number of benzene rings is 3. The minimum absolute atomic E-state index is 0.235. The molecule has 3 rings (SSSR count). The molecule has 0 spiro atoms. The normalized spacial score (nSPS) is 11.2. The Morgan fingerprint density at radius 1 is 1.03 bits per heavy atom. The SMILES string of the molecule is CCCOc1ccc(C(=O)NCc2cc(-c3cccc(C=C(CC)C(=O)O)c3)ccc2OC)c(Cl)c1. The molecule has 0 aliphatic carbocycles. The molecule has 3 aromatic rings. The molecule has 0 radical (unpaired) electrons. The Balaban J connectivity index is 1.81. The van der Waals surface area contributed by atoms with Crippen molar-refractivity contribution in [2.75, 3.05) is 13.7 Å². The van der Waals surface area contributed by atoms with E-state index < -0.39 is 5.97 Å². The lowest BCUT2D eigenvalue weighted by Crippen LogP contribution is -2.23. The van der Waals surface area contributed by atoms with E-state index in [1.54, 1.807) is 31.4 Å². The quantitative estimate of drug-likeness (QED) is 0.285. The van der Waals surface area contributed by atoms with Gasteiger partial charge in [-0.1, -0.05) is 49.7 Å². The molecule has 2 N–H and O–H groups in total. The molecule has 7 heteroatoms. The maximum Gasteiger partial charge on any atom is 0.331 e. The van der Waals surface area contributed by atoms with Crippen LogP contribution in [0.1, 0.15) is 48.2 Å². The number of methoxy groups -OCH3 is 1. The van der Waals surface area contributed by atoms with Crippen LogP contribution in [0.5, 0.6) is 11.5 Å². The van der Waals surface area contributed by atoms with Gasteiger partial charge >= 0.3 is 5.97 Å². The van der Waals surface area contributed by atoms with Gasteiger partial charge in [0.25, 0.3) is 5.91 Å². The van der Waals surface area contributed by atoms with E-state index in [1.165, 1.54) is 0 Å². The number of carbonyl (C=O) groups excluding carboxylic acids is 1. The first kappa shape index (κ1) is 26.8. The van der Waals surface area contributed by atoms with Crippen molar-refractivity contribution in [2.24, 2.45) is 0 Å². The molecule has 0 aliphatic heterocycles. The second-order valence-electron chi connectivity index (χ2n) is 8.15. The minimum Gasteiger partial charge on any atom is -0.496 e. The molecular formula is C29H30ClNO5. The van der Waals surface area contributed by atoms with Crippen molar-refractivity contribution in [1.29, 1.82) is 0 Å². The Labute approximate surface area is 216 Å². The van der Waals surface area contributed by atoms with Crippen molar-refractivity contribution in [2.45, 2.75) is 33.2 Å². The maximum atomic E-state index is 12.8. The highest BCUT2D eigenvalue weighted by atomic mass is 35.5.